The maximum atomic E-state index is 13.2. The molecule has 2 aromatic carbocycles. The first-order chi connectivity index (χ1) is 15.9. The summed E-state index contributed by atoms with van der Waals surface area (Å²) < 4.78 is 6.75. The number of hydrogen-bond donors (Lipinski definition) is 1. The van der Waals surface area contributed by atoms with Crippen LogP contribution in [0.3, 0.4) is 0 Å². The lowest BCUT2D eigenvalue weighted by Crippen LogP contribution is -2.54. The predicted molar refractivity (Wildman–Crippen MR) is 123 cm³/mol. The molecule has 8 heteroatoms. The van der Waals surface area contributed by atoms with Crippen molar-refractivity contribution in [2.75, 3.05) is 11.5 Å². The summed E-state index contributed by atoms with van der Waals surface area (Å²) in [6.45, 7) is 4.00. The average Bonchev–Trinajstić information content (AvgIpc) is 3.14. The van der Waals surface area contributed by atoms with Crippen LogP contribution >= 0.6 is 0 Å². The van der Waals surface area contributed by atoms with E-state index in [2.05, 4.69) is 5.32 Å². The SMILES string of the molecule is CCOC(=O)Cn1cc(C=C2C(=O)NC(=O)N(c3ccc(CC)cc3)C2=O)c2ccccc21. The molecule has 0 aliphatic carbocycles. The molecule has 8 nitrogen and oxygen atoms in total. The maximum Gasteiger partial charge on any atom is 0.335 e. The van der Waals surface area contributed by atoms with Gasteiger partial charge in [0.25, 0.3) is 11.8 Å². The molecule has 1 fully saturated rings. The molecular formula is C25H23N3O5. The Labute approximate surface area is 190 Å². The maximum absolute atomic E-state index is 13.2. The molecule has 4 rings (SSSR count). The van der Waals surface area contributed by atoms with E-state index in [1.165, 1.54) is 6.08 Å². The average molecular weight is 445 g/mol. The second-order valence-electron chi connectivity index (χ2n) is 7.51. The number of barbiturate groups is 1. The standard InChI is InChI=1S/C25H23N3O5/c1-3-16-9-11-18(12-10-16)28-24(31)20(23(30)26-25(28)32)13-17-14-27(15-22(29)33-4-2)21-8-6-5-7-19(17)21/h5-14H,3-4,15H2,1-2H3,(H,26,30,32). The Morgan fingerprint density at radius 2 is 1.76 bits per heavy atom. The molecule has 1 saturated heterocycles. The van der Waals surface area contributed by atoms with Crippen molar-refractivity contribution in [1.82, 2.24) is 9.88 Å². The number of benzene rings is 2. The minimum atomic E-state index is -0.795. The molecule has 0 atom stereocenters. The number of anilines is 1. The highest BCUT2D eigenvalue weighted by atomic mass is 16.5. The van der Waals surface area contributed by atoms with Crippen molar-refractivity contribution in [1.29, 1.82) is 0 Å². The van der Waals surface area contributed by atoms with Gasteiger partial charge in [-0.1, -0.05) is 37.3 Å². The van der Waals surface area contributed by atoms with Crippen LogP contribution in [0.4, 0.5) is 10.5 Å². The minimum Gasteiger partial charge on any atom is -0.465 e. The van der Waals surface area contributed by atoms with Gasteiger partial charge in [-0.05, 0) is 43.2 Å². The van der Waals surface area contributed by atoms with Gasteiger partial charge in [-0.3, -0.25) is 19.7 Å². The van der Waals surface area contributed by atoms with Crippen molar-refractivity contribution >= 4 is 46.5 Å². The zero-order valence-electron chi connectivity index (χ0n) is 18.3. The molecular weight excluding hydrogens is 422 g/mol. The van der Waals surface area contributed by atoms with Crippen molar-refractivity contribution in [2.45, 2.75) is 26.8 Å². The summed E-state index contributed by atoms with van der Waals surface area (Å²) in [7, 11) is 0. The molecule has 3 aromatic rings. The molecule has 0 bridgehead atoms. The number of fused-ring (bicyclic) bond motifs is 1. The summed E-state index contributed by atoms with van der Waals surface area (Å²) in [4.78, 5) is 51.2. The molecule has 0 radical (unpaired) electrons. The van der Waals surface area contributed by atoms with Gasteiger partial charge in [0.15, 0.2) is 0 Å². The Kier molecular flexibility index (Phi) is 6.08. The number of imide groups is 2. The summed E-state index contributed by atoms with van der Waals surface area (Å²) in [5, 5.41) is 2.99. The van der Waals surface area contributed by atoms with Gasteiger partial charge in [0.2, 0.25) is 0 Å². The second-order valence-corrected chi connectivity index (χ2v) is 7.51. The highest BCUT2D eigenvalue weighted by Gasteiger charge is 2.37. The molecule has 1 N–H and O–H groups in total. The molecule has 0 unspecified atom stereocenters. The Morgan fingerprint density at radius 3 is 2.45 bits per heavy atom. The van der Waals surface area contributed by atoms with E-state index in [-0.39, 0.29) is 18.7 Å². The van der Waals surface area contributed by atoms with E-state index in [0.717, 1.165) is 27.8 Å². The monoisotopic (exact) mass is 445 g/mol. The number of aryl methyl sites for hydroxylation is 1. The Bertz CT molecular complexity index is 1290. The first kappa shape index (κ1) is 22.0. The van der Waals surface area contributed by atoms with Crippen molar-refractivity contribution < 1.29 is 23.9 Å². The molecule has 1 aliphatic heterocycles. The molecule has 0 spiro atoms. The first-order valence-corrected chi connectivity index (χ1v) is 10.7. The van der Waals surface area contributed by atoms with Crippen molar-refractivity contribution in [3.05, 3.63) is 71.4 Å². The number of carbonyl (C=O) groups excluding carboxylic acids is 4. The van der Waals surface area contributed by atoms with E-state index >= 15 is 0 Å². The van der Waals surface area contributed by atoms with Gasteiger partial charge in [0, 0.05) is 22.7 Å². The summed E-state index contributed by atoms with van der Waals surface area (Å²) in [6.07, 6.45) is 3.95. The lowest BCUT2D eigenvalue weighted by atomic mass is 10.1. The third kappa shape index (κ3) is 4.27. The van der Waals surface area contributed by atoms with Gasteiger partial charge >= 0.3 is 12.0 Å². The van der Waals surface area contributed by atoms with Crippen LogP contribution in [0.1, 0.15) is 25.0 Å². The summed E-state index contributed by atoms with van der Waals surface area (Å²) >= 11 is 0. The second kappa shape index (κ2) is 9.12. The van der Waals surface area contributed by atoms with E-state index in [4.69, 9.17) is 4.74 Å². The van der Waals surface area contributed by atoms with Gasteiger partial charge in [-0.15, -0.1) is 0 Å². The normalized spacial score (nSPS) is 15.3. The van der Waals surface area contributed by atoms with Crippen molar-refractivity contribution in [2.24, 2.45) is 0 Å². The third-order valence-corrected chi connectivity index (χ3v) is 5.43. The zero-order valence-corrected chi connectivity index (χ0v) is 18.3. The first-order valence-electron chi connectivity index (χ1n) is 10.7. The van der Waals surface area contributed by atoms with Crippen LogP contribution in [0.2, 0.25) is 0 Å². The van der Waals surface area contributed by atoms with Gasteiger partial charge in [-0.2, -0.15) is 0 Å². The molecule has 33 heavy (non-hydrogen) atoms. The molecule has 1 aromatic heterocycles. The van der Waals surface area contributed by atoms with E-state index < -0.39 is 23.8 Å². The predicted octanol–water partition coefficient (Wildman–Crippen LogP) is 3.43. The summed E-state index contributed by atoms with van der Waals surface area (Å²) in [6, 6.07) is 13.6. The fraction of sp³-hybridized carbons (Fsp3) is 0.200. The van der Waals surface area contributed by atoms with Gasteiger partial charge < -0.3 is 9.30 Å². The Hall–Kier alpha value is -4.20. The lowest BCUT2D eigenvalue weighted by molar-refractivity contribution is -0.143. The number of ether oxygens (including phenoxy) is 1. The highest BCUT2D eigenvalue weighted by molar-refractivity contribution is 6.39. The van der Waals surface area contributed by atoms with E-state index in [1.807, 2.05) is 43.3 Å². The van der Waals surface area contributed by atoms with E-state index in [9.17, 15) is 19.2 Å². The van der Waals surface area contributed by atoms with E-state index in [0.29, 0.717) is 11.3 Å². The van der Waals surface area contributed by atoms with Crippen LogP contribution in [0.25, 0.3) is 17.0 Å². The zero-order chi connectivity index (χ0) is 23.5. The number of esters is 1. The smallest absolute Gasteiger partial charge is 0.335 e. The summed E-state index contributed by atoms with van der Waals surface area (Å²) in [5.74, 6) is -1.87. The van der Waals surface area contributed by atoms with Crippen LogP contribution < -0.4 is 10.2 Å². The number of hydrogen-bond acceptors (Lipinski definition) is 5. The molecule has 2 heterocycles. The third-order valence-electron chi connectivity index (χ3n) is 5.43. The number of amides is 4. The number of nitrogens with zero attached hydrogens (tertiary/aromatic N) is 2. The number of carbonyl (C=O) groups is 4. The van der Waals surface area contributed by atoms with Crippen LogP contribution in [-0.2, 0) is 32.1 Å². The van der Waals surface area contributed by atoms with Crippen molar-refractivity contribution in [3.63, 3.8) is 0 Å². The van der Waals surface area contributed by atoms with Crippen molar-refractivity contribution in [3.8, 4) is 0 Å². The van der Waals surface area contributed by atoms with E-state index in [1.54, 1.807) is 29.8 Å². The summed E-state index contributed by atoms with van der Waals surface area (Å²) in [5.41, 5.74) is 2.59. The van der Waals surface area contributed by atoms with Crippen LogP contribution in [0.15, 0.2) is 60.3 Å². The fourth-order valence-electron chi connectivity index (χ4n) is 3.79. The van der Waals surface area contributed by atoms with Gasteiger partial charge in [0.05, 0.1) is 12.3 Å². The van der Waals surface area contributed by atoms with Gasteiger partial charge in [0.1, 0.15) is 12.1 Å². The number of urea groups is 1. The lowest BCUT2D eigenvalue weighted by Gasteiger charge is -2.26. The molecule has 1 aliphatic rings. The number of nitrogens with one attached hydrogen (secondary N) is 1. The molecule has 4 amide bonds. The van der Waals surface area contributed by atoms with Crippen LogP contribution in [-0.4, -0.2) is 35.0 Å². The molecule has 0 saturated carbocycles. The molecule has 168 valence electrons. The quantitative estimate of drug-likeness (QED) is 0.356. The van der Waals surface area contributed by atoms with Crippen LogP contribution in [0, 0.1) is 0 Å². The number of rotatable bonds is 6. The Balaban J connectivity index is 1.74. The fourth-order valence-corrected chi connectivity index (χ4v) is 3.79. The topological polar surface area (TPSA) is 97.7 Å². The largest absolute Gasteiger partial charge is 0.465 e. The number of para-hydroxylation sites is 1. The van der Waals surface area contributed by atoms with Gasteiger partial charge in [-0.25, -0.2) is 9.69 Å². The number of aromatic nitrogens is 1. The van der Waals surface area contributed by atoms with Crippen LogP contribution in [0.5, 0.6) is 0 Å². The highest BCUT2D eigenvalue weighted by Crippen LogP contribution is 2.27. The Morgan fingerprint density at radius 1 is 1.03 bits per heavy atom. The minimum absolute atomic E-state index is 0.00788.